The molecule has 1 aromatic heterocycles. The molecule has 1 heterocycles. The lowest BCUT2D eigenvalue weighted by Gasteiger charge is -2.16. The molecule has 0 N–H and O–H groups in total. The van der Waals surface area contributed by atoms with Gasteiger partial charge in [0.2, 0.25) is 0 Å². The summed E-state index contributed by atoms with van der Waals surface area (Å²) >= 11 is 1.41. The number of carbonyl (C=O) groups excluding carboxylic acids is 1. The van der Waals surface area contributed by atoms with Gasteiger partial charge in [0.1, 0.15) is 5.78 Å². The molecule has 0 radical (unpaired) electrons. The first-order valence-corrected chi connectivity index (χ1v) is 9.12. The average Bonchev–Trinajstić information content (AvgIpc) is 3.31. The van der Waals surface area contributed by atoms with Gasteiger partial charge in [-0.25, -0.2) is 0 Å². The van der Waals surface area contributed by atoms with Crippen LogP contribution in [0, 0.1) is 15.5 Å². The summed E-state index contributed by atoms with van der Waals surface area (Å²) in [7, 11) is 0. The summed E-state index contributed by atoms with van der Waals surface area (Å²) in [6, 6.07) is 6.66. The Labute approximate surface area is 150 Å². The smallest absolute Gasteiger partial charge is 0.269 e. The van der Waals surface area contributed by atoms with E-state index in [9.17, 15) is 14.9 Å². The lowest BCUT2D eigenvalue weighted by molar-refractivity contribution is -0.384. The Hall–Kier alpha value is -2.22. The minimum atomic E-state index is -0.422. The van der Waals surface area contributed by atoms with Crippen LogP contribution >= 0.6 is 11.8 Å². The number of non-ortho nitro benzene ring substituents is 1. The molecule has 1 aliphatic carbocycles. The monoisotopic (exact) mass is 360 g/mol. The number of ketones is 1. The van der Waals surface area contributed by atoms with E-state index in [1.165, 1.54) is 23.9 Å². The molecule has 2 aromatic rings. The molecule has 0 saturated heterocycles. The number of nitro groups is 1. The molecule has 1 fully saturated rings. The van der Waals surface area contributed by atoms with E-state index in [4.69, 9.17) is 0 Å². The maximum Gasteiger partial charge on any atom is 0.269 e. The van der Waals surface area contributed by atoms with Gasteiger partial charge < -0.3 is 0 Å². The van der Waals surface area contributed by atoms with Gasteiger partial charge in [-0.15, -0.1) is 10.2 Å². The van der Waals surface area contributed by atoms with Gasteiger partial charge in [0.15, 0.2) is 11.0 Å². The Morgan fingerprint density at radius 3 is 2.44 bits per heavy atom. The van der Waals surface area contributed by atoms with Crippen LogP contribution in [0.4, 0.5) is 5.69 Å². The summed E-state index contributed by atoms with van der Waals surface area (Å²) in [6.07, 6.45) is 2.11. The third-order valence-electron chi connectivity index (χ3n) is 4.08. The standard InChI is InChI=1S/C17H20N4O3S/c1-17(2,3)14(22)10-25-16-19-18-15(20(16)12-8-9-12)11-4-6-13(7-5-11)21(23)24/h4-7,12H,8-10H2,1-3H3. The third kappa shape index (κ3) is 3.89. The zero-order valence-corrected chi connectivity index (χ0v) is 15.2. The lowest BCUT2D eigenvalue weighted by Crippen LogP contribution is -2.22. The molecule has 1 aliphatic rings. The molecule has 0 atom stereocenters. The first-order valence-electron chi connectivity index (χ1n) is 8.13. The largest absolute Gasteiger partial charge is 0.299 e. The maximum absolute atomic E-state index is 12.2. The van der Waals surface area contributed by atoms with Gasteiger partial charge in [0.25, 0.3) is 5.69 Å². The number of rotatable bonds is 6. The van der Waals surface area contributed by atoms with Crippen molar-refractivity contribution in [1.29, 1.82) is 0 Å². The molecule has 3 rings (SSSR count). The second-order valence-corrected chi connectivity index (χ2v) is 8.12. The molecule has 0 unspecified atom stereocenters. The van der Waals surface area contributed by atoms with Crippen molar-refractivity contribution in [3.05, 3.63) is 34.4 Å². The summed E-state index contributed by atoms with van der Waals surface area (Å²) < 4.78 is 2.06. The number of Topliss-reactive ketones (excluding diaryl/α,β-unsaturated/α-hetero) is 1. The van der Waals surface area contributed by atoms with Crippen LogP contribution in [-0.4, -0.2) is 31.2 Å². The van der Waals surface area contributed by atoms with Gasteiger partial charge in [0.05, 0.1) is 10.7 Å². The summed E-state index contributed by atoms with van der Waals surface area (Å²) in [4.78, 5) is 22.6. The molecule has 1 aromatic carbocycles. The second kappa shape index (κ2) is 6.59. The van der Waals surface area contributed by atoms with Gasteiger partial charge in [0, 0.05) is 29.2 Å². The zero-order chi connectivity index (χ0) is 18.2. The van der Waals surface area contributed by atoms with E-state index >= 15 is 0 Å². The minimum absolute atomic E-state index is 0.0478. The van der Waals surface area contributed by atoms with Crippen molar-refractivity contribution in [2.24, 2.45) is 5.41 Å². The number of hydrogen-bond donors (Lipinski definition) is 0. The van der Waals surface area contributed by atoms with Crippen molar-refractivity contribution in [3.63, 3.8) is 0 Å². The number of aromatic nitrogens is 3. The fourth-order valence-corrected chi connectivity index (χ4v) is 3.48. The highest BCUT2D eigenvalue weighted by atomic mass is 32.2. The van der Waals surface area contributed by atoms with Gasteiger partial charge in [-0.3, -0.25) is 19.5 Å². The van der Waals surface area contributed by atoms with Gasteiger partial charge in [-0.05, 0) is 25.0 Å². The molecule has 25 heavy (non-hydrogen) atoms. The van der Waals surface area contributed by atoms with E-state index in [1.807, 2.05) is 20.8 Å². The first-order chi connectivity index (χ1) is 11.8. The van der Waals surface area contributed by atoms with E-state index in [-0.39, 0.29) is 16.9 Å². The molecule has 0 amide bonds. The van der Waals surface area contributed by atoms with Crippen LogP contribution in [-0.2, 0) is 4.79 Å². The second-order valence-electron chi connectivity index (χ2n) is 7.17. The van der Waals surface area contributed by atoms with Crippen molar-refractivity contribution >= 4 is 23.2 Å². The van der Waals surface area contributed by atoms with E-state index in [2.05, 4.69) is 14.8 Å². The van der Waals surface area contributed by atoms with Crippen molar-refractivity contribution in [2.45, 2.75) is 44.8 Å². The predicted molar refractivity (Wildman–Crippen MR) is 95.6 cm³/mol. The Bertz CT molecular complexity index is 804. The predicted octanol–water partition coefficient (Wildman–Crippen LogP) is 3.90. The van der Waals surface area contributed by atoms with Crippen LogP contribution in [0.25, 0.3) is 11.4 Å². The highest BCUT2D eigenvalue weighted by Crippen LogP contribution is 2.41. The summed E-state index contributed by atoms with van der Waals surface area (Å²) in [5, 5.41) is 20.1. The number of nitro benzene ring substituents is 1. The van der Waals surface area contributed by atoms with Crippen LogP contribution < -0.4 is 0 Å². The maximum atomic E-state index is 12.2. The van der Waals surface area contributed by atoms with Gasteiger partial charge in [-0.1, -0.05) is 32.5 Å². The number of nitrogens with zero attached hydrogens (tertiary/aromatic N) is 4. The molecular formula is C17H20N4O3S. The van der Waals surface area contributed by atoms with E-state index < -0.39 is 4.92 Å². The summed E-state index contributed by atoms with van der Waals surface area (Å²) in [6.45, 7) is 5.72. The molecule has 0 bridgehead atoms. The lowest BCUT2D eigenvalue weighted by atomic mass is 9.92. The van der Waals surface area contributed by atoms with Crippen LogP contribution in [0.15, 0.2) is 29.4 Å². The Morgan fingerprint density at radius 2 is 1.92 bits per heavy atom. The molecule has 8 heteroatoms. The molecule has 1 saturated carbocycles. The molecule has 0 spiro atoms. The van der Waals surface area contributed by atoms with Gasteiger partial charge >= 0.3 is 0 Å². The summed E-state index contributed by atoms with van der Waals surface area (Å²) in [5.41, 5.74) is 0.462. The number of carbonyl (C=O) groups is 1. The van der Waals surface area contributed by atoms with Crippen LogP contribution in [0.5, 0.6) is 0 Å². The van der Waals surface area contributed by atoms with Gasteiger partial charge in [-0.2, -0.15) is 0 Å². The fourth-order valence-electron chi connectivity index (χ4n) is 2.31. The zero-order valence-electron chi connectivity index (χ0n) is 14.4. The average molecular weight is 360 g/mol. The SMILES string of the molecule is CC(C)(C)C(=O)CSc1nnc(-c2ccc([N+](=O)[O-])cc2)n1C1CC1. The molecule has 7 nitrogen and oxygen atoms in total. The highest BCUT2D eigenvalue weighted by molar-refractivity contribution is 7.99. The first kappa shape index (κ1) is 17.6. The van der Waals surface area contributed by atoms with Crippen molar-refractivity contribution in [1.82, 2.24) is 14.8 Å². The van der Waals surface area contributed by atoms with Crippen LogP contribution in [0.1, 0.15) is 39.7 Å². The van der Waals surface area contributed by atoms with E-state index in [0.717, 1.165) is 23.6 Å². The number of hydrogen-bond acceptors (Lipinski definition) is 6. The van der Waals surface area contributed by atoms with Crippen molar-refractivity contribution in [3.8, 4) is 11.4 Å². The molecular weight excluding hydrogens is 340 g/mol. The molecule has 132 valence electrons. The topological polar surface area (TPSA) is 90.9 Å². The van der Waals surface area contributed by atoms with E-state index in [1.54, 1.807) is 12.1 Å². The van der Waals surface area contributed by atoms with Crippen molar-refractivity contribution < 1.29 is 9.72 Å². The highest BCUT2D eigenvalue weighted by Gasteiger charge is 2.31. The normalized spacial score (nSPS) is 14.5. The Kier molecular flexibility index (Phi) is 4.64. The minimum Gasteiger partial charge on any atom is -0.299 e. The fraction of sp³-hybridized carbons (Fsp3) is 0.471. The Morgan fingerprint density at radius 1 is 1.28 bits per heavy atom. The summed E-state index contributed by atoms with van der Waals surface area (Å²) in [5.74, 6) is 1.22. The Balaban J connectivity index is 1.85. The third-order valence-corrected chi connectivity index (χ3v) is 5.02. The molecule has 0 aliphatic heterocycles. The van der Waals surface area contributed by atoms with Crippen molar-refractivity contribution in [2.75, 3.05) is 5.75 Å². The number of thioether (sulfide) groups is 1. The quantitative estimate of drug-likeness (QED) is 0.441. The van der Waals surface area contributed by atoms with E-state index in [0.29, 0.717) is 17.6 Å². The number of benzene rings is 1. The van der Waals surface area contributed by atoms with Crippen LogP contribution in [0.3, 0.4) is 0 Å². The van der Waals surface area contributed by atoms with Crippen LogP contribution in [0.2, 0.25) is 0 Å².